The number of carbonyl (C=O) groups is 1. The van der Waals surface area contributed by atoms with Gasteiger partial charge >= 0.3 is 0 Å². The van der Waals surface area contributed by atoms with E-state index in [1.807, 2.05) is 11.0 Å². The lowest BCUT2D eigenvalue weighted by atomic mass is 9.94. The van der Waals surface area contributed by atoms with Gasteiger partial charge in [0.1, 0.15) is 0 Å². The summed E-state index contributed by atoms with van der Waals surface area (Å²) in [7, 11) is 0. The normalized spacial score (nSPS) is 28.6. The van der Waals surface area contributed by atoms with Gasteiger partial charge < -0.3 is 10.2 Å². The number of rotatable bonds is 2. The van der Waals surface area contributed by atoms with E-state index in [1.54, 1.807) is 6.20 Å². The minimum atomic E-state index is 0.0607. The highest BCUT2D eigenvalue weighted by atomic mass is 16.2. The number of H-pyrrole nitrogens is 1. The van der Waals surface area contributed by atoms with Crippen molar-refractivity contribution in [3.8, 4) is 0 Å². The second-order valence-electron chi connectivity index (χ2n) is 5.28. The molecule has 18 heavy (non-hydrogen) atoms. The highest BCUT2D eigenvalue weighted by Gasteiger charge is 2.31. The first-order valence-corrected chi connectivity index (χ1v) is 6.86. The maximum Gasteiger partial charge on any atom is 0.239 e. The van der Waals surface area contributed by atoms with Gasteiger partial charge in [0.15, 0.2) is 0 Å². The molecular weight excluding hydrogens is 228 g/mol. The molecule has 2 aliphatic heterocycles. The van der Waals surface area contributed by atoms with Gasteiger partial charge in [0, 0.05) is 30.9 Å². The van der Waals surface area contributed by atoms with Crippen LogP contribution in [0.4, 0.5) is 0 Å². The van der Waals surface area contributed by atoms with E-state index in [9.17, 15) is 4.79 Å². The molecule has 2 atom stereocenters. The zero-order valence-corrected chi connectivity index (χ0v) is 10.6. The van der Waals surface area contributed by atoms with E-state index in [-0.39, 0.29) is 11.9 Å². The molecule has 5 nitrogen and oxygen atoms in total. The summed E-state index contributed by atoms with van der Waals surface area (Å²) in [5.74, 6) is 0.711. The van der Waals surface area contributed by atoms with Crippen LogP contribution in [0.3, 0.4) is 0 Å². The molecule has 2 N–H and O–H groups in total. The predicted molar refractivity (Wildman–Crippen MR) is 68.2 cm³/mol. The van der Waals surface area contributed by atoms with Crippen molar-refractivity contribution in [2.75, 3.05) is 19.6 Å². The van der Waals surface area contributed by atoms with E-state index >= 15 is 0 Å². The maximum atomic E-state index is 12.4. The maximum absolute atomic E-state index is 12.4. The number of nitrogens with zero attached hydrogens (tertiary/aromatic N) is 2. The van der Waals surface area contributed by atoms with E-state index in [2.05, 4.69) is 15.5 Å². The largest absolute Gasteiger partial charge is 0.341 e. The summed E-state index contributed by atoms with van der Waals surface area (Å²) in [5, 5.41) is 10.3. The fourth-order valence-corrected chi connectivity index (χ4v) is 3.04. The molecule has 0 saturated carbocycles. The number of amides is 1. The molecule has 1 unspecified atom stereocenters. The topological polar surface area (TPSA) is 61.0 Å². The van der Waals surface area contributed by atoms with Crippen molar-refractivity contribution < 1.29 is 4.79 Å². The number of aromatic amines is 1. The van der Waals surface area contributed by atoms with E-state index in [0.717, 1.165) is 51.0 Å². The molecule has 1 amide bonds. The van der Waals surface area contributed by atoms with Crippen molar-refractivity contribution in [2.45, 2.75) is 37.6 Å². The molecule has 1 aromatic rings. The number of carbonyl (C=O) groups excluding carboxylic acids is 1. The van der Waals surface area contributed by atoms with Crippen molar-refractivity contribution in [1.29, 1.82) is 0 Å². The van der Waals surface area contributed by atoms with Crippen LogP contribution < -0.4 is 5.32 Å². The zero-order chi connectivity index (χ0) is 12.4. The van der Waals surface area contributed by atoms with Gasteiger partial charge in [0.05, 0.1) is 6.04 Å². The summed E-state index contributed by atoms with van der Waals surface area (Å²) < 4.78 is 0. The zero-order valence-electron chi connectivity index (χ0n) is 10.6. The van der Waals surface area contributed by atoms with E-state index in [0.29, 0.717) is 5.92 Å². The molecule has 2 fully saturated rings. The van der Waals surface area contributed by atoms with Gasteiger partial charge in [-0.15, -0.1) is 0 Å². The Morgan fingerprint density at radius 1 is 1.39 bits per heavy atom. The second kappa shape index (κ2) is 5.10. The van der Waals surface area contributed by atoms with Crippen LogP contribution >= 0.6 is 0 Å². The standard InChI is InChI=1S/C13H20N4O/c18-13(12-4-1-6-14-12)17-8-2-3-10(9-17)11-5-7-15-16-11/h5,7,10,12,14H,1-4,6,8-9H2,(H,15,16)/t10?,12-/m1/s1. The Bertz CT molecular complexity index is 397. The molecule has 2 aliphatic rings. The molecular formula is C13H20N4O. The molecule has 0 bridgehead atoms. The van der Waals surface area contributed by atoms with Crippen LogP contribution in [0.1, 0.15) is 37.3 Å². The van der Waals surface area contributed by atoms with Crippen molar-refractivity contribution >= 4 is 5.91 Å². The third-order valence-corrected chi connectivity index (χ3v) is 4.05. The van der Waals surface area contributed by atoms with E-state index in [1.165, 1.54) is 0 Å². The number of aromatic nitrogens is 2. The third-order valence-electron chi connectivity index (χ3n) is 4.05. The Kier molecular flexibility index (Phi) is 3.32. The molecule has 98 valence electrons. The number of piperidine rings is 1. The SMILES string of the molecule is O=C([C@H]1CCCN1)N1CCCC(c2ccn[nH]2)C1. The van der Waals surface area contributed by atoms with Crippen LogP contribution in [0.15, 0.2) is 12.3 Å². The summed E-state index contributed by atoms with van der Waals surface area (Å²) in [6.07, 6.45) is 6.12. The lowest BCUT2D eigenvalue weighted by Gasteiger charge is -2.33. The van der Waals surface area contributed by atoms with Gasteiger partial charge in [0.2, 0.25) is 5.91 Å². The van der Waals surface area contributed by atoms with Crippen LogP contribution in [0, 0.1) is 0 Å². The second-order valence-corrected chi connectivity index (χ2v) is 5.28. The summed E-state index contributed by atoms with van der Waals surface area (Å²) in [6, 6.07) is 2.08. The minimum absolute atomic E-state index is 0.0607. The Labute approximate surface area is 107 Å². The van der Waals surface area contributed by atoms with Crippen LogP contribution in [-0.2, 0) is 4.79 Å². The number of hydrogen-bond donors (Lipinski definition) is 2. The Morgan fingerprint density at radius 3 is 3.06 bits per heavy atom. The lowest BCUT2D eigenvalue weighted by molar-refractivity contribution is -0.134. The molecule has 0 radical (unpaired) electrons. The highest BCUT2D eigenvalue weighted by Crippen LogP contribution is 2.26. The molecule has 0 aliphatic carbocycles. The Hall–Kier alpha value is -1.36. The lowest BCUT2D eigenvalue weighted by Crippen LogP contribution is -2.47. The summed E-state index contributed by atoms with van der Waals surface area (Å²) in [4.78, 5) is 14.4. The summed E-state index contributed by atoms with van der Waals surface area (Å²) in [6.45, 7) is 2.72. The van der Waals surface area contributed by atoms with E-state index in [4.69, 9.17) is 0 Å². The quantitative estimate of drug-likeness (QED) is 0.816. The van der Waals surface area contributed by atoms with Gasteiger partial charge in [0.25, 0.3) is 0 Å². The van der Waals surface area contributed by atoms with Gasteiger partial charge in [-0.3, -0.25) is 9.89 Å². The summed E-state index contributed by atoms with van der Waals surface area (Å²) in [5.41, 5.74) is 1.16. The molecule has 5 heteroatoms. The van der Waals surface area contributed by atoms with Crippen LogP contribution in [0.5, 0.6) is 0 Å². The van der Waals surface area contributed by atoms with Gasteiger partial charge in [-0.05, 0) is 38.3 Å². The fraction of sp³-hybridized carbons (Fsp3) is 0.692. The number of nitrogens with one attached hydrogen (secondary N) is 2. The first kappa shape index (κ1) is 11.7. The fourth-order valence-electron chi connectivity index (χ4n) is 3.04. The van der Waals surface area contributed by atoms with Crippen molar-refractivity contribution in [2.24, 2.45) is 0 Å². The smallest absolute Gasteiger partial charge is 0.239 e. The average Bonchev–Trinajstić information content (AvgIpc) is 3.11. The first-order chi connectivity index (χ1) is 8.84. The van der Waals surface area contributed by atoms with Crippen molar-refractivity contribution in [3.05, 3.63) is 18.0 Å². The Balaban J connectivity index is 1.64. The molecule has 0 spiro atoms. The van der Waals surface area contributed by atoms with Gasteiger partial charge in [-0.2, -0.15) is 5.10 Å². The predicted octanol–water partition coefficient (Wildman–Crippen LogP) is 0.868. The first-order valence-electron chi connectivity index (χ1n) is 6.86. The average molecular weight is 248 g/mol. The molecule has 3 heterocycles. The molecule has 1 aromatic heterocycles. The third kappa shape index (κ3) is 2.27. The monoisotopic (exact) mass is 248 g/mol. The van der Waals surface area contributed by atoms with Crippen LogP contribution in [0.2, 0.25) is 0 Å². The number of hydrogen-bond acceptors (Lipinski definition) is 3. The van der Waals surface area contributed by atoms with Crippen LogP contribution in [-0.4, -0.2) is 46.7 Å². The highest BCUT2D eigenvalue weighted by molar-refractivity contribution is 5.82. The molecule has 2 saturated heterocycles. The van der Waals surface area contributed by atoms with Crippen molar-refractivity contribution in [1.82, 2.24) is 20.4 Å². The molecule has 3 rings (SSSR count). The van der Waals surface area contributed by atoms with Gasteiger partial charge in [-0.25, -0.2) is 0 Å². The van der Waals surface area contributed by atoms with Gasteiger partial charge in [-0.1, -0.05) is 0 Å². The van der Waals surface area contributed by atoms with Crippen molar-refractivity contribution in [3.63, 3.8) is 0 Å². The minimum Gasteiger partial charge on any atom is -0.341 e. The molecule has 0 aromatic carbocycles. The Morgan fingerprint density at radius 2 is 2.33 bits per heavy atom. The summed E-state index contributed by atoms with van der Waals surface area (Å²) >= 11 is 0. The van der Waals surface area contributed by atoms with Crippen LogP contribution in [0.25, 0.3) is 0 Å². The van der Waals surface area contributed by atoms with E-state index < -0.39 is 0 Å². The number of likely N-dealkylation sites (tertiary alicyclic amines) is 1.